The van der Waals surface area contributed by atoms with E-state index in [-0.39, 0.29) is 37.4 Å². The van der Waals surface area contributed by atoms with Gasteiger partial charge in [0.25, 0.3) is 0 Å². The van der Waals surface area contributed by atoms with Crippen molar-refractivity contribution in [2.75, 3.05) is 13.2 Å². The third-order valence-electron chi connectivity index (χ3n) is 1.98. The van der Waals surface area contributed by atoms with Crippen LogP contribution in [0.4, 0.5) is 0 Å². The largest absolute Gasteiger partial charge is 1.00 e. The van der Waals surface area contributed by atoms with Gasteiger partial charge in [0.1, 0.15) is 12.4 Å². The molecule has 0 unspecified atom stereocenters. The third kappa shape index (κ3) is 5.67. The van der Waals surface area contributed by atoms with Crippen LogP contribution in [-0.2, 0) is 32.2 Å². The number of hydrogen-bond donors (Lipinski definition) is 0. The Morgan fingerprint density at radius 1 is 1.17 bits per heavy atom. The number of aromatic nitrogens is 2. The highest BCUT2D eigenvalue weighted by Gasteiger charge is 2.12. The standard InChI is InChI=1S/C11H17N2O4.ClH/c1-3-16-10(14)7-12-5-6-13(9-12)8-11(15)17-4-2;/h5-6,9H,3-4,7-8H2,1-2H3;1H/q+1;/p-1. The number of nitrogens with zero attached hydrogens (tertiary/aromatic N) is 2. The van der Waals surface area contributed by atoms with E-state index >= 15 is 0 Å². The zero-order valence-electron chi connectivity index (χ0n) is 10.5. The Labute approximate surface area is 112 Å². The molecule has 1 aromatic rings. The molecular weight excluding hydrogens is 260 g/mol. The molecule has 1 heterocycles. The molecule has 0 spiro atoms. The molecule has 0 aliphatic heterocycles. The quantitative estimate of drug-likeness (QED) is 0.408. The summed E-state index contributed by atoms with van der Waals surface area (Å²) in [6, 6.07) is 0. The summed E-state index contributed by atoms with van der Waals surface area (Å²) in [6.07, 6.45) is 5.07. The van der Waals surface area contributed by atoms with Crippen LogP contribution in [0.2, 0.25) is 0 Å². The van der Waals surface area contributed by atoms with Gasteiger partial charge >= 0.3 is 11.9 Å². The fraction of sp³-hybridized carbons (Fsp3) is 0.545. The minimum Gasteiger partial charge on any atom is -1.00 e. The van der Waals surface area contributed by atoms with Crippen LogP contribution >= 0.6 is 0 Å². The molecule has 1 rings (SSSR count). The molecule has 0 radical (unpaired) electrons. The first-order chi connectivity index (χ1) is 8.15. The zero-order valence-corrected chi connectivity index (χ0v) is 11.2. The van der Waals surface area contributed by atoms with Gasteiger partial charge in [-0.15, -0.1) is 0 Å². The Balaban J connectivity index is 0.00000289. The van der Waals surface area contributed by atoms with E-state index in [9.17, 15) is 9.59 Å². The van der Waals surface area contributed by atoms with Crippen LogP contribution in [0.15, 0.2) is 18.7 Å². The van der Waals surface area contributed by atoms with E-state index in [1.807, 2.05) is 0 Å². The first-order valence-electron chi connectivity index (χ1n) is 5.51. The number of hydrogen-bond acceptors (Lipinski definition) is 4. The molecule has 0 aromatic carbocycles. The maximum atomic E-state index is 11.2. The van der Waals surface area contributed by atoms with Crippen LogP contribution in [0.5, 0.6) is 0 Å². The van der Waals surface area contributed by atoms with Crippen molar-refractivity contribution in [3.8, 4) is 0 Å². The second-order valence-electron chi connectivity index (χ2n) is 3.37. The molecular formula is C11H17ClN2O4. The van der Waals surface area contributed by atoms with E-state index in [0.717, 1.165) is 0 Å². The predicted octanol–water partition coefficient (Wildman–Crippen LogP) is -3.09. The average Bonchev–Trinajstić information content (AvgIpc) is 2.66. The van der Waals surface area contributed by atoms with Crippen molar-refractivity contribution in [1.29, 1.82) is 0 Å². The predicted molar refractivity (Wildman–Crippen MR) is 57.9 cm³/mol. The average molecular weight is 277 g/mol. The Morgan fingerprint density at radius 2 is 1.78 bits per heavy atom. The van der Waals surface area contributed by atoms with Gasteiger partial charge in [0, 0.05) is 0 Å². The Hall–Kier alpha value is -1.56. The molecule has 7 heteroatoms. The molecule has 0 N–H and O–H groups in total. The first-order valence-corrected chi connectivity index (χ1v) is 5.51. The maximum absolute atomic E-state index is 11.2. The topological polar surface area (TPSA) is 61.4 Å². The van der Waals surface area contributed by atoms with Crippen LogP contribution in [-0.4, -0.2) is 29.7 Å². The normalized spacial score (nSPS) is 9.44. The van der Waals surface area contributed by atoms with Crippen molar-refractivity contribution in [2.24, 2.45) is 0 Å². The van der Waals surface area contributed by atoms with Crippen LogP contribution in [0.3, 0.4) is 0 Å². The molecule has 18 heavy (non-hydrogen) atoms. The summed E-state index contributed by atoms with van der Waals surface area (Å²) in [6.45, 7) is 4.53. The maximum Gasteiger partial charge on any atom is 0.348 e. The minimum absolute atomic E-state index is 0. The van der Waals surface area contributed by atoms with Gasteiger partial charge in [-0.3, -0.25) is 0 Å². The second-order valence-corrected chi connectivity index (χ2v) is 3.37. The lowest BCUT2D eigenvalue weighted by atomic mass is 10.6. The molecule has 0 saturated heterocycles. The van der Waals surface area contributed by atoms with Crippen molar-refractivity contribution in [1.82, 2.24) is 4.57 Å². The van der Waals surface area contributed by atoms with E-state index in [1.54, 1.807) is 41.7 Å². The van der Waals surface area contributed by atoms with E-state index in [4.69, 9.17) is 9.47 Å². The van der Waals surface area contributed by atoms with Gasteiger partial charge in [-0.2, -0.15) is 0 Å². The van der Waals surface area contributed by atoms with Gasteiger partial charge in [0.05, 0.1) is 13.2 Å². The zero-order chi connectivity index (χ0) is 12.7. The number of rotatable bonds is 6. The highest BCUT2D eigenvalue weighted by Crippen LogP contribution is 1.89. The summed E-state index contributed by atoms with van der Waals surface area (Å²) in [5.74, 6) is -0.599. The summed E-state index contributed by atoms with van der Waals surface area (Å²) >= 11 is 0. The fourth-order valence-corrected chi connectivity index (χ4v) is 1.34. The highest BCUT2D eigenvalue weighted by atomic mass is 35.5. The van der Waals surface area contributed by atoms with Crippen molar-refractivity contribution in [2.45, 2.75) is 26.9 Å². The fourth-order valence-electron chi connectivity index (χ4n) is 1.34. The molecule has 0 amide bonds. The van der Waals surface area contributed by atoms with Crippen LogP contribution in [0, 0.1) is 0 Å². The van der Waals surface area contributed by atoms with Gasteiger partial charge in [-0.25, -0.2) is 18.7 Å². The summed E-state index contributed by atoms with van der Waals surface area (Å²) in [7, 11) is 0. The van der Waals surface area contributed by atoms with Gasteiger partial charge in [-0.05, 0) is 13.8 Å². The minimum atomic E-state index is -0.300. The third-order valence-corrected chi connectivity index (χ3v) is 1.98. The Kier molecular flexibility index (Phi) is 7.78. The van der Waals surface area contributed by atoms with E-state index in [0.29, 0.717) is 13.2 Å². The molecule has 0 aliphatic rings. The van der Waals surface area contributed by atoms with Crippen LogP contribution in [0.1, 0.15) is 13.8 Å². The van der Waals surface area contributed by atoms with E-state index < -0.39 is 0 Å². The lowest BCUT2D eigenvalue weighted by Gasteiger charge is -1.98. The SMILES string of the molecule is CCOC(=O)Cn1cc[n+](CC(=O)OCC)c1.[Cl-]. The highest BCUT2D eigenvalue weighted by molar-refractivity contribution is 5.69. The van der Waals surface area contributed by atoms with Gasteiger partial charge in [0.15, 0.2) is 13.1 Å². The molecule has 1 aromatic heterocycles. The summed E-state index contributed by atoms with van der Waals surface area (Å²) < 4.78 is 12.9. The number of imidazole rings is 1. The molecule has 0 aliphatic carbocycles. The number of halogens is 1. The van der Waals surface area contributed by atoms with Gasteiger partial charge in [0.2, 0.25) is 6.33 Å². The Bertz CT molecular complexity index is 358. The molecule has 0 bridgehead atoms. The van der Waals surface area contributed by atoms with Crippen molar-refractivity contribution < 1.29 is 36.0 Å². The van der Waals surface area contributed by atoms with Crippen molar-refractivity contribution in [3.05, 3.63) is 18.7 Å². The smallest absolute Gasteiger partial charge is 0.348 e. The van der Waals surface area contributed by atoms with E-state index in [1.165, 1.54) is 0 Å². The summed E-state index contributed by atoms with van der Waals surface area (Å²) in [4.78, 5) is 22.4. The van der Waals surface area contributed by atoms with Crippen LogP contribution < -0.4 is 17.0 Å². The number of ether oxygens (including phenoxy) is 2. The van der Waals surface area contributed by atoms with Crippen molar-refractivity contribution >= 4 is 11.9 Å². The second kappa shape index (κ2) is 8.52. The molecule has 102 valence electrons. The lowest BCUT2D eigenvalue weighted by molar-refractivity contribution is -0.685. The molecule has 0 saturated carbocycles. The van der Waals surface area contributed by atoms with Gasteiger partial charge < -0.3 is 21.9 Å². The molecule has 0 atom stereocenters. The number of carbonyl (C=O) groups is 2. The van der Waals surface area contributed by atoms with Gasteiger partial charge in [-0.1, -0.05) is 0 Å². The lowest BCUT2D eigenvalue weighted by Crippen LogP contribution is -3.00. The monoisotopic (exact) mass is 276 g/mol. The van der Waals surface area contributed by atoms with E-state index in [2.05, 4.69) is 0 Å². The first kappa shape index (κ1) is 16.4. The number of carbonyl (C=O) groups excluding carboxylic acids is 2. The number of esters is 2. The summed E-state index contributed by atoms with van der Waals surface area (Å²) in [5.41, 5.74) is 0. The van der Waals surface area contributed by atoms with Crippen LogP contribution in [0.25, 0.3) is 0 Å². The Morgan fingerprint density at radius 3 is 2.39 bits per heavy atom. The molecule has 0 fully saturated rings. The summed E-state index contributed by atoms with van der Waals surface area (Å²) in [5, 5.41) is 0. The van der Waals surface area contributed by atoms with Crippen molar-refractivity contribution in [3.63, 3.8) is 0 Å². The molecule has 6 nitrogen and oxygen atoms in total.